The van der Waals surface area contributed by atoms with Gasteiger partial charge in [-0.15, -0.1) is 11.3 Å². The molecule has 0 aliphatic heterocycles. The van der Waals surface area contributed by atoms with E-state index in [0.717, 1.165) is 10.3 Å². The number of thioether (sulfide) groups is 1. The van der Waals surface area contributed by atoms with Crippen LogP contribution >= 0.6 is 23.1 Å². The number of fused-ring (bicyclic) bond motifs is 3. The van der Waals surface area contributed by atoms with Crippen LogP contribution in [0, 0.1) is 10.1 Å². The standard InChI is InChI=1S/C13H9NO2S2/c15-14(16)8-17-11-6-3-7-12-13(11)9-4-1-2-5-10(9)18-12/h1-7H,8H2. The highest BCUT2D eigenvalue weighted by Crippen LogP contribution is 2.39. The van der Waals surface area contributed by atoms with Crippen LogP contribution in [-0.4, -0.2) is 10.8 Å². The van der Waals surface area contributed by atoms with Gasteiger partial charge >= 0.3 is 0 Å². The lowest BCUT2D eigenvalue weighted by molar-refractivity contribution is -0.456. The van der Waals surface area contributed by atoms with Gasteiger partial charge in [0.05, 0.1) is 0 Å². The molecule has 3 aromatic rings. The van der Waals surface area contributed by atoms with Crippen LogP contribution in [-0.2, 0) is 0 Å². The van der Waals surface area contributed by atoms with E-state index < -0.39 is 0 Å². The van der Waals surface area contributed by atoms with Crippen molar-refractivity contribution in [1.82, 2.24) is 0 Å². The predicted molar refractivity (Wildman–Crippen MR) is 77.0 cm³/mol. The highest BCUT2D eigenvalue weighted by atomic mass is 32.2. The lowest BCUT2D eigenvalue weighted by atomic mass is 10.1. The molecule has 0 radical (unpaired) electrons. The first kappa shape index (κ1) is 11.5. The Balaban J connectivity index is 2.21. The Bertz CT molecular complexity index is 736. The highest BCUT2D eigenvalue weighted by Gasteiger charge is 2.10. The van der Waals surface area contributed by atoms with E-state index in [2.05, 4.69) is 18.2 Å². The molecule has 2 aromatic carbocycles. The fraction of sp³-hybridized carbons (Fsp3) is 0.0769. The lowest BCUT2D eigenvalue weighted by Crippen LogP contribution is -1.94. The first-order valence-electron chi connectivity index (χ1n) is 5.40. The number of nitro groups is 1. The monoisotopic (exact) mass is 275 g/mol. The summed E-state index contributed by atoms with van der Waals surface area (Å²) in [5.41, 5.74) is 0. The Morgan fingerprint density at radius 2 is 1.89 bits per heavy atom. The molecule has 90 valence electrons. The summed E-state index contributed by atoms with van der Waals surface area (Å²) >= 11 is 3.01. The van der Waals surface area contributed by atoms with Gasteiger partial charge in [-0.05, 0) is 30.0 Å². The van der Waals surface area contributed by atoms with Crippen LogP contribution in [0.1, 0.15) is 0 Å². The molecule has 3 rings (SSSR count). The topological polar surface area (TPSA) is 43.1 Å². The summed E-state index contributed by atoms with van der Waals surface area (Å²) in [6.07, 6.45) is 0. The smallest absolute Gasteiger partial charge is 0.253 e. The summed E-state index contributed by atoms with van der Waals surface area (Å²) in [5.74, 6) is -0.0940. The molecule has 1 aromatic heterocycles. The maximum absolute atomic E-state index is 10.5. The number of hydrogen-bond acceptors (Lipinski definition) is 4. The van der Waals surface area contributed by atoms with Crippen LogP contribution < -0.4 is 0 Å². The van der Waals surface area contributed by atoms with Gasteiger partial charge in [0.1, 0.15) is 0 Å². The summed E-state index contributed by atoms with van der Waals surface area (Å²) in [6.45, 7) is 0. The van der Waals surface area contributed by atoms with Gasteiger partial charge in [-0.25, -0.2) is 0 Å². The third kappa shape index (κ3) is 1.95. The van der Waals surface area contributed by atoms with Crippen molar-refractivity contribution >= 4 is 43.3 Å². The molecule has 0 atom stereocenters. The van der Waals surface area contributed by atoms with Gasteiger partial charge in [0.15, 0.2) is 0 Å². The van der Waals surface area contributed by atoms with Crippen LogP contribution in [0.4, 0.5) is 0 Å². The SMILES string of the molecule is O=[N+]([O-])CSc1cccc2sc3ccccc3c12. The number of hydrogen-bond donors (Lipinski definition) is 0. The molecule has 0 fully saturated rings. The quantitative estimate of drug-likeness (QED) is 0.308. The van der Waals surface area contributed by atoms with Crippen molar-refractivity contribution in [1.29, 1.82) is 0 Å². The van der Waals surface area contributed by atoms with Crippen molar-refractivity contribution in [2.45, 2.75) is 4.90 Å². The normalized spacial score (nSPS) is 11.1. The number of nitrogens with zero attached hydrogens (tertiary/aromatic N) is 1. The molecule has 0 unspecified atom stereocenters. The molecule has 0 bridgehead atoms. The van der Waals surface area contributed by atoms with Gasteiger partial charge in [-0.1, -0.05) is 24.3 Å². The van der Waals surface area contributed by atoms with Gasteiger partial charge in [0, 0.05) is 30.0 Å². The first-order chi connectivity index (χ1) is 8.75. The van der Waals surface area contributed by atoms with E-state index >= 15 is 0 Å². The third-order valence-corrected chi connectivity index (χ3v) is 4.82. The Morgan fingerprint density at radius 3 is 2.72 bits per heavy atom. The lowest BCUT2D eigenvalue weighted by Gasteiger charge is -2.00. The minimum atomic E-state index is -0.294. The molecule has 5 heteroatoms. The Labute approximate surface area is 112 Å². The molecular weight excluding hydrogens is 266 g/mol. The van der Waals surface area contributed by atoms with Gasteiger partial charge in [-0.3, -0.25) is 10.1 Å². The second-order valence-electron chi connectivity index (χ2n) is 3.83. The summed E-state index contributed by atoms with van der Waals surface area (Å²) in [7, 11) is 0. The van der Waals surface area contributed by atoms with Gasteiger partial charge < -0.3 is 0 Å². The molecule has 0 spiro atoms. The Hall–Kier alpha value is -1.59. The third-order valence-electron chi connectivity index (χ3n) is 2.69. The maximum atomic E-state index is 10.5. The van der Waals surface area contributed by atoms with Crippen molar-refractivity contribution in [3.05, 3.63) is 52.6 Å². The summed E-state index contributed by atoms with van der Waals surface area (Å²) in [4.78, 5) is 11.2. The van der Waals surface area contributed by atoms with Crippen LogP contribution in [0.3, 0.4) is 0 Å². The number of thiophene rings is 1. The number of benzene rings is 2. The second-order valence-corrected chi connectivity index (χ2v) is 5.90. The minimum Gasteiger partial charge on any atom is -0.264 e. The zero-order valence-corrected chi connectivity index (χ0v) is 11.0. The maximum Gasteiger partial charge on any atom is 0.253 e. The predicted octanol–water partition coefficient (Wildman–Crippen LogP) is 4.38. The molecule has 0 saturated heterocycles. The van der Waals surface area contributed by atoms with Crippen molar-refractivity contribution < 1.29 is 4.92 Å². The van der Waals surface area contributed by atoms with Crippen molar-refractivity contribution in [3.8, 4) is 0 Å². The average Bonchev–Trinajstić information content (AvgIpc) is 2.75. The Kier molecular flexibility index (Phi) is 2.93. The van der Waals surface area contributed by atoms with Gasteiger partial charge in [0.2, 0.25) is 0 Å². The Morgan fingerprint density at radius 1 is 1.11 bits per heavy atom. The van der Waals surface area contributed by atoms with Crippen molar-refractivity contribution in [3.63, 3.8) is 0 Å². The fourth-order valence-electron chi connectivity index (χ4n) is 1.98. The molecule has 0 aliphatic carbocycles. The van der Waals surface area contributed by atoms with E-state index in [-0.39, 0.29) is 10.8 Å². The van der Waals surface area contributed by atoms with Crippen LogP contribution in [0.2, 0.25) is 0 Å². The average molecular weight is 275 g/mol. The molecule has 18 heavy (non-hydrogen) atoms. The van der Waals surface area contributed by atoms with Crippen molar-refractivity contribution in [2.75, 3.05) is 5.88 Å². The zero-order chi connectivity index (χ0) is 12.5. The van der Waals surface area contributed by atoms with E-state index in [4.69, 9.17) is 0 Å². The molecule has 0 aliphatic rings. The fourth-order valence-corrected chi connectivity index (χ4v) is 3.96. The van der Waals surface area contributed by atoms with Crippen LogP contribution in [0.15, 0.2) is 47.4 Å². The van der Waals surface area contributed by atoms with Crippen LogP contribution in [0.5, 0.6) is 0 Å². The minimum absolute atomic E-state index is 0.0940. The molecule has 3 nitrogen and oxygen atoms in total. The zero-order valence-electron chi connectivity index (χ0n) is 9.33. The second kappa shape index (κ2) is 4.59. The largest absolute Gasteiger partial charge is 0.264 e. The highest BCUT2D eigenvalue weighted by molar-refractivity contribution is 7.99. The van der Waals surface area contributed by atoms with Crippen LogP contribution in [0.25, 0.3) is 20.2 Å². The van der Waals surface area contributed by atoms with Crippen molar-refractivity contribution in [2.24, 2.45) is 0 Å². The molecular formula is C13H9NO2S2. The molecule has 0 N–H and O–H groups in total. The summed E-state index contributed by atoms with van der Waals surface area (Å²) in [5, 5.41) is 12.8. The first-order valence-corrected chi connectivity index (χ1v) is 7.21. The summed E-state index contributed by atoms with van der Waals surface area (Å²) in [6, 6.07) is 14.2. The van der Waals surface area contributed by atoms with Gasteiger partial charge in [0.25, 0.3) is 5.88 Å². The van der Waals surface area contributed by atoms with E-state index in [0.29, 0.717) is 0 Å². The van der Waals surface area contributed by atoms with E-state index in [1.54, 1.807) is 11.3 Å². The molecule has 0 amide bonds. The molecule has 1 heterocycles. The van der Waals surface area contributed by atoms with E-state index in [9.17, 15) is 10.1 Å². The van der Waals surface area contributed by atoms with E-state index in [1.807, 2.05) is 24.3 Å². The number of rotatable bonds is 3. The summed E-state index contributed by atoms with van der Waals surface area (Å²) < 4.78 is 2.41. The van der Waals surface area contributed by atoms with Gasteiger partial charge in [-0.2, -0.15) is 0 Å². The molecule has 0 saturated carbocycles. The van der Waals surface area contributed by atoms with E-state index in [1.165, 1.54) is 26.5 Å².